The first-order chi connectivity index (χ1) is 8.52. The maximum absolute atomic E-state index is 2.66. The van der Waals surface area contributed by atoms with Gasteiger partial charge in [-0.15, -0.1) is 0 Å². The summed E-state index contributed by atoms with van der Waals surface area (Å²) < 4.78 is 0. The van der Waals surface area contributed by atoms with Gasteiger partial charge >= 0.3 is 0 Å². The Labute approximate surface area is 115 Å². The Morgan fingerprint density at radius 2 is 1.78 bits per heavy atom. The van der Waals surface area contributed by atoms with Gasteiger partial charge in [0.25, 0.3) is 0 Å². The summed E-state index contributed by atoms with van der Waals surface area (Å²) in [6.07, 6.45) is 7.77. The highest BCUT2D eigenvalue weighted by Crippen LogP contribution is 2.25. The van der Waals surface area contributed by atoms with E-state index in [1.165, 1.54) is 45.3 Å². The van der Waals surface area contributed by atoms with E-state index in [-0.39, 0.29) is 0 Å². The molecule has 1 rings (SSSR count). The lowest BCUT2D eigenvalue weighted by atomic mass is 9.86. The van der Waals surface area contributed by atoms with Crippen LogP contribution in [0.5, 0.6) is 0 Å². The quantitative estimate of drug-likeness (QED) is 0.616. The van der Waals surface area contributed by atoms with Crippen LogP contribution in [0.2, 0.25) is 0 Å². The van der Waals surface area contributed by atoms with E-state index in [1.807, 2.05) is 0 Å². The molecule has 0 amide bonds. The van der Waals surface area contributed by atoms with Crippen molar-refractivity contribution in [1.29, 1.82) is 0 Å². The fourth-order valence-electron chi connectivity index (χ4n) is 2.85. The topological polar surface area (TPSA) is 3.24 Å². The molecule has 0 N–H and O–H groups in total. The van der Waals surface area contributed by atoms with E-state index < -0.39 is 0 Å². The molecule has 1 aliphatic rings. The molecule has 1 heteroatoms. The second-order valence-corrected chi connectivity index (χ2v) is 6.74. The fourth-order valence-corrected chi connectivity index (χ4v) is 2.85. The van der Waals surface area contributed by atoms with Gasteiger partial charge in [0.1, 0.15) is 0 Å². The molecule has 0 atom stereocenters. The van der Waals surface area contributed by atoms with Crippen LogP contribution in [0.3, 0.4) is 0 Å². The highest BCUT2D eigenvalue weighted by molar-refractivity contribution is 5.03. The summed E-state index contributed by atoms with van der Waals surface area (Å²) in [5, 5.41) is 0. The normalized spacial score (nSPS) is 20.1. The van der Waals surface area contributed by atoms with Gasteiger partial charge < -0.3 is 0 Å². The van der Waals surface area contributed by atoms with Crippen molar-refractivity contribution >= 4 is 0 Å². The van der Waals surface area contributed by atoms with Crippen molar-refractivity contribution in [2.75, 3.05) is 19.6 Å². The molecule has 1 heterocycles. The molecule has 0 bridgehead atoms. The summed E-state index contributed by atoms with van der Waals surface area (Å²) in [5.74, 6) is 2.66. The molecule has 0 spiro atoms. The molecular weight excluding hydrogens is 218 g/mol. The number of hydrogen-bond acceptors (Lipinski definition) is 1. The lowest BCUT2D eigenvalue weighted by Crippen LogP contribution is -2.36. The third-order valence-corrected chi connectivity index (χ3v) is 4.45. The first-order valence-corrected chi connectivity index (χ1v) is 7.89. The van der Waals surface area contributed by atoms with Crippen molar-refractivity contribution in [1.82, 2.24) is 4.90 Å². The molecule has 0 aromatic rings. The van der Waals surface area contributed by atoms with Gasteiger partial charge in [-0.3, -0.25) is 4.90 Å². The zero-order valence-corrected chi connectivity index (χ0v) is 13.2. The van der Waals surface area contributed by atoms with Crippen LogP contribution < -0.4 is 0 Å². The first kappa shape index (κ1) is 15.8. The van der Waals surface area contributed by atoms with E-state index in [1.54, 1.807) is 5.57 Å². The summed E-state index contributed by atoms with van der Waals surface area (Å²) in [5.41, 5.74) is 1.65. The number of allylic oxidation sites excluding steroid dienone is 1. The van der Waals surface area contributed by atoms with E-state index in [0.717, 1.165) is 17.8 Å². The summed E-state index contributed by atoms with van der Waals surface area (Å²) in [7, 11) is 0. The number of nitrogens with zero attached hydrogens (tertiary/aromatic N) is 1. The summed E-state index contributed by atoms with van der Waals surface area (Å²) in [4.78, 5) is 2.66. The van der Waals surface area contributed by atoms with E-state index in [9.17, 15) is 0 Å². The number of hydrogen-bond donors (Lipinski definition) is 0. The van der Waals surface area contributed by atoms with Crippen LogP contribution in [0, 0.1) is 17.8 Å². The standard InChI is InChI=1S/C17H33N/c1-6-16(8-7-14(2)3)13-18-11-9-17(10-12-18)15(4)5/h6,14-15,17H,7-13H2,1-5H3/b16-6+. The van der Waals surface area contributed by atoms with Crippen molar-refractivity contribution in [3.05, 3.63) is 11.6 Å². The second-order valence-electron chi connectivity index (χ2n) is 6.74. The predicted molar refractivity (Wildman–Crippen MR) is 81.8 cm³/mol. The SMILES string of the molecule is C/C=C(\CCC(C)C)CN1CCC(C(C)C)CC1. The third-order valence-electron chi connectivity index (χ3n) is 4.45. The molecular formula is C17H33N. The Morgan fingerprint density at radius 3 is 2.22 bits per heavy atom. The number of rotatable bonds is 6. The molecule has 0 aromatic heterocycles. The minimum absolute atomic E-state index is 0.826. The second kappa shape index (κ2) is 7.99. The molecule has 1 nitrogen and oxygen atoms in total. The van der Waals surface area contributed by atoms with Gasteiger partial charge in [-0.2, -0.15) is 0 Å². The zero-order valence-electron chi connectivity index (χ0n) is 13.2. The molecule has 1 fully saturated rings. The third kappa shape index (κ3) is 5.56. The summed E-state index contributed by atoms with van der Waals surface area (Å²) >= 11 is 0. The van der Waals surface area contributed by atoms with Crippen LogP contribution in [0.15, 0.2) is 11.6 Å². The molecule has 0 radical (unpaired) electrons. The van der Waals surface area contributed by atoms with Gasteiger partial charge in [-0.05, 0) is 63.5 Å². The minimum atomic E-state index is 0.826. The molecule has 1 saturated heterocycles. The van der Waals surface area contributed by atoms with Crippen LogP contribution in [0.1, 0.15) is 60.3 Å². The van der Waals surface area contributed by atoms with Crippen molar-refractivity contribution in [2.24, 2.45) is 17.8 Å². The lowest BCUT2D eigenvalue weighted by molar-refractivity contribution is 0.167. The van der Waals surface area contributed by atoms with Gasteiger partial charge in [0.2, 0.25) is 0 Å². The van der Waals surface area contributed by atoms with Crippen LogP contribution in [0.25, 0.3) is 0 Å². The molecule has 0 unspecified atom stereocenters. The number of piperidine rings is 1. The molecule has 0 aromatic carbocycles. The van der Waals surface area contributed by atoms with E-state index >= 15 is 0 Å². The van der Waals surface area contributed by atoms with Gasteiger partial charge in [0.15, 0.2) is 0 Å². The van der Waals surface area contributed by atoms with E-state index in [0.29, 0.717) is 0 Å². The van der Waals surface area contributed by atoms with Crippen LogP contribution in [-0.2, 0) is 0 Å². The van der Waals surface area contributed by atoms with Crippen LogP contribution in [-0.4, -0.2) is 24.5 Å². The Morgan fingerprint density at radius 1 is 1.17 bits per heavy atom. The van der Waals surface area contributed by atoms with E-state index in [4.69, 9.17) is 0 Å². The van der Waals surface area contributed by atoms with Gasteiger partial charge in [-0.25, -0.2) is 0 Å². The van der Waals surface area contributed by atoms with E-state index in [2.05, 4.69) is 45.6 Å². The molecule has 0 aliphatic carbocycles. The average Bonchev–Trinajstić information content (AvgIpc) is 2.34. The maximum Gasteiger partial charge on any atom is 0.0192 e. The molecule has 106 valence electrons. The largest absolute Gasteiger partial charge is 0.299 e. The van der Waals surface area contributed by atoms with Gasteiger partial charge in [0, 0.05) is 6.54 Å². The van der Waals surface area contributed by atoms with Crippen LogP contribution in [0.4, 0.5) is 0 Å². The maximum atomic E-state index is 2.66. The molecule has 0 saturated carbocycles. The van der Waals surface area contributed by atoms with Gasteiger partial charge in [-0.1, -0.05) is 39.3 Å². The monoisotopic (exact) mass is 251 g/mol. The van der Waals surface area contributed by atoms with Crippen molar-refractivity contribution in [3.8, 4) is 0 Å². The molecule has 18 heavy (non-hydrogen) atoms. The lowest BCUT2D eigenvalue weighted by Gasteiger charge is -2.34. The number of likely N-dealkylation sites (tertiary alicyclic amines) is 1. The average molecular weight is 251 g/mol. The zero-order chi connectivity index (χ0) is 13.5. The van der Waals surface area contributed by atoms with Crippen molar-refractivity contribution < 1.29 is 0 Å². The highest BCUT2D eigenvalue weighted by Gasteiger charge is 2.21. The van der Waals surface area contributed by atoms with Gasteiger partial charge in [0.05, 0.1) is 0 Å². The van der Waals surface area contributed by atoms with Crippen molar-refractivity contribution in [3.63, 3.8) is 0 Å². The minimum Gasteiger partial charge on any atom is -0.299 e. The predicted octanol–water partition coefficient (Wildman–Crippen LogP) is 4.74. The highest BCUT2D eigenvalue weighted by atomic mass is 15.1. The van der Waals surface area contributed by atoms with Crippen molar-refractivity contribution in [2.45, 2.75) is 60.3 Å². The summed E-state index contributed by atoms with van der Waals surface area (Å²) in [6.45, 7) is 15.4. The molecule has 1 aliphatic heterocycles. The first-order valence-electron chi connectivity index (χ1n) is 7.89. The Kier molecular flexibility index (Phi) is 6.99. The smallest absolute Gasteiger partial charge is 0.0192 e. The Hall–Kier alpha value is -0.300. The Balaban J connectivity index is 2.30. The van der Waals surface area contributed by atoms with Crippen LogP contribution >= 0.6 is 0 Å². The fraction of sp³-hybridized carbons (Fsp3) is 0.882. The Bertz CT molecular complexity index is 244. The summed E-state index contributed by atoms with van der Waals surface area (Å²) in [6, 6.07) is 0.